The number of aryl methyl sites for hydroxylation is 1. The third kappa shape index (κ3) is 3.55. The second-order valence-electron chi connectivity index (χ2n) is 6.77. The van der Waals surface area contributed by atoms with Gasteiger partial charge < -0.3 is 14.9 Å². The van der Waals surface area contributed by atoms with E-state index in [9.17, 15) is 14.3 Å². The first-order valence-corrected chi connectivity index (χ1v) is 8.27. The highest BCUT2D eigenvalue weighted by molar-refractivity contribution is 5.85. The van der Waals surface area contributed by atoms with Crippen LogP contribution in [0.4, 0.5) is 4.39 Å². The summed E-state index contributed by atoms with van der Waals surface area (Å²) in [6.45, 7) is 3.08. The normalized spacial score (nSPS) is 27.4. The fourth-order valence-corrected chi connectivity index (χ4v) is 3.58. The van der Waals surface area contributed by atoms with Crippen molar-refractivity contribution in [2.75, 3.05) is 13.1 Å². The van der Waals surface area contributed by atoms with Crippen molar-refractivity contribution in [2.24, 2.45) is 0 Å². The molecule has 0 aromatic carbocycles. The van der Waals surface area contributed by atoms with E-state index in [-0.39, 0.29) is 11.9 Å². The van der Waals surface area contributed by atoms with Crippen LogP contribution in [-0.4, -0.2) is 52.0 Å². The number of rotatable bonds is 5. The lowest BCUT2D eigenvalue weighted by Crippen LogP contribution is -2.48. The van der Waals surface area contributed by atoms with Crippen LogP contribution >= 0.6 is 0 Å². The van der Waals surface area contributed by atoms with E-state index in [4.69, 9.17) is 4.52 Å². The smallest absolute Gasteiger partial charge is 0.252 e. The predicted molar refractivity (Wildman–Crippen MR) is 81.4 cm³/mol. The van der Waals surface area contributed by atoms with Gasteiger partial charge in [-0.3, -0.25) is 9.69 Å². The molecule has 128 valence electrons. The molecule has 2 aliphatic rings. The molecule has 7 heteroatoms. The van der Waals surface area contributed by atoms with E-state index in [1.807, 2.05) is 11.8 Å². The highest BCUT2D eigenvalue weighted by atomic mass is 19.1. The Bertz CT molecular complexity index is 557. The first-order valence-electron chi connectivity index (χ1n) is 8.27. The highest BCUT2D eigenvalue weighted by Crippen LogP contribution is 2.30. The van der Waals surface area contributed by atoms with Crippen molar-refractivity contribution in [3.8, 4) is 0 Å². The van der Waals surface area contributed by atoms with Gasteiger partial charge in [0.05, 0.1) is 6.20 Å². The molecule has 0 spiro atoms. The topological polar surface area (TPSA) is 78.6 Å². The molecule has 1 saturated heterocycles. The number of halogens is 1. The van der Waals surface area contributed by atoms with Crippen molar-refractivity contribution in [1.82, 2.24) is 15.4 Å². The van der Waals surface area contributed by atoms with Crippen molar-refractivity contribution in [3.63, 3.8) is 0 Å². The van der Waals surface area contributed by atoms with Crippen LogP contribution in [0.3, 0.4) is 0 Å². The summed E-state index contributed by atoms with van der Waals surface area (Å²) in [4.78, 5) is 14.2. The molecule has 0 unspecified atom stereocenters. The molecule has 2 fully saturated rings. The van der Waals surface area contributed by atoms with Crippen LogP contribution in [-0.2, 0) is 11.3 Å². The lowest BCUT2D eigenvalue weighted by atomic mass is 10.0. The average molecular weight is 325 g/mol. The molecule has 2 heterocycles. The Hall–Kier alpha value is -1.47. The molecule has 1 aliphatic heterocycles. The number of hydrogen-bond donors (Lipinski definition) is 2. The number of carbonyl (C=O) groups is 1. The predicted octanol–water partition coefficient (Wildman–Crippen LogP) is 1.32. The molecule has 23 heavy (non-hydrogen) atoms. The van der Waals surface area contributed by atoms with Gasteiger partial charge in [0, 0.05) is 31.2 Å². The van der Waals surface area contributed by atoms with Crippen molar-refractivity contribution < 1.29 is 18.8 Å². The Balaban J connectivity index is 1.57. The van der Waals surface area contributed by atoms with Crippen molar-refractivity contribution >= 4 is 5.91 Å². The zero-order valence-corrected chi connectivity index (χ0v) is 13.4. The Morgan fingerprint density at radius 1 is 1.57 bits per heavy atom. The Morgan fingerprint density at radius 2 is 2.30 bits per heavy atom. The van der Waals surface area contributed by atoms with Gasteiger partial charge in [-0.15, -0.1) is 0 Å². The van der Waals surface area contributed by atoms with Crippen LogP contribution in [0.15, 0.2) is 10.7 Å². The van der Waals surface area contributed by atoms with Crippen molar-refractivity contribution in [2.45, 2.75) is 63.4 Å². The number of amides is 1. The van der Waals surface area contributed by atoms with Gasteiger partial charge in [0.1, 0.15) is 17.5 Å². The third-order valence-corrected chi connectivity index (χ3v) is 5.05. The minimum atomic E-state index is -1.23. The SMILES string of the molecule is Cc1oncc1CN1C[C@@H](F)C[C@H]1CNC(=O)C1(O)CCCC1. The van der Waals surface area contributed by atoms with Crippen LogP contribution < -0.4 is 5.32 Å². The Morgan fingerprint density at radius 3 is 2.96 bits per heavy atom. The summed E-state index contributed by atoms with van der Waals surface area (Å²) in [6.07, 6.45) is 3.92. The summed E-state index contributed by atoms with van der Waals surface area (Å²) in [5.41, 5.74) is -0.297. The van der Waals surface area contributed by atoms with Crippen molar-refractivity contribution in [3.05, 3.63) is 17.5 Å². The molecule has 1 aromatic heterocycles. The summed E-state index contributed by atoms with van der Waals surface area (Å²) in [7, 11) is 0. The van der Waals surface area contributed by atoms with Crippen LogP contribution in [0.25, 0.3) is 0 Å². The summed E-state index contributed by atoms with van der Waals surface area (Å²) < 4.78 is 18.9. The number of hydrogen-bond acceptors (Lipinski definition) is 5. The monoisotopic (exact) mass is 325 g/mol. The van der Waals surface area contributed by atoms with E-state index < -0.39 is 11.8 Å². The van der Waals surface area contributed by atoms with Gasteiger partial charge in [-0.05, 0) is 39.0 Å². The van der Waals surface area contributed by atoms with E-state index in [0.717, 1.165) is 24.2 Å². The zero-order chi connectivity index (χ0) is 16.4. The van der Waals surface area contributed by atoms with E-state index in [1.54, 1.807) is 6.20 Å². The lowest BCUT2D eigenvalue weighted by molar-refractivity contribution is -0.139. The Kier molecular flexibility index (Phi) is 4.68. The molecular weight excluding hydrogens is 301 g/mol. The minimum Gasteiger partial charge on any atom is -0.380 e. The van der Waals surface area contributed by atoms with Crippen LogP contribution in [0.2, 0.25) is 0 Å². The first-order chi connectivity index (χ1) is 11.0. The average Bonchev–Trinajstić information content (AvgIpc) is 3.20. The molecule has 1 aromatic rings. The van der Waals surface area contributed by atoms with Crippen molar-refractivity contribution in [1.29, 1.82) is 0 Å². The summed E-state index contributed by atoms with van der Waals surface area (Å²) >= 11 is 0. The highest BCUT2D eigenvalue weighted by Gasteiger charge is 2.40. The number of likely N-dealkylation sites (tertiary alicyclic amines) is 1. The largest absolute Gasteiger partial charge is 0.380 e. The molecule has 3 rings (SSSR count). The second-order valence-corrected chi connectivity index (χ2v) is 6.77. The maximum Gasteiger partial charge on any atom is 0.252 e. The van der Waals surface area contributed by atoms with Gasteiger partial charge in [-0.2, -0.15) is 0 Å². The fourth-order valence-electron chi connectivity index (χ4n) is 3.58. The molecule has 1 amide bonds. The van der Waals surface area contributed by atoms with Gasteiger partial charge in [-0.25, -0.2) is 4.39 Å². The fraction of sp³-hybridized carbons (Fsp3) is 0.750. The third-order valence-electron chi connectivity index (χ3n) is 5.05. The number of nitrogens with zero attached hydrogens (tertiary/aromatic N) is 2. The standard InChI is InChI=1S/C16H24FN3O3/c1-11-12(7-19-23-11)9-20-10-13(17)6-14(20)8-18-15(21)16(22)4-2-3-5-16/h7,13-14,22H,2-6,8-10H2,1H3,(H,18,21)/t13-,14-/m0/s1. The van der Waals surface area contributed by atoms with Gasteiger partial charge in [0.2, 0.25) is 0 Å². The number of alkyl halides is 1. The summed E-state index contributed by atoms with van der Waals surface area (Å²) in [5, 5.41) is 16.8. The van der Waals surface area contributed by atoms with Crippen LogP contribution in [0, 0.1) is 6.92 Å². The lowest BCUT2D eigenvalue weighted by Gasteiger charge is -2.26. The minimum absolute atomic E-state index is 0.0757. The van der Waals surface area contributed by atoms with Gasteiger partial charge >= 0.3 is 0 Å². The van der Waals surface area contributed by atoms with Gasteiger partial charge in [0.15, 0.2) is 0 Å². The number of aromatic nitrogens is 1. The van der Waals surface area contributed by atoms with Crippen LogP contribution in [0.5, 0.6) is 0 Å². The molecule has 2 atom stereocenters. The molecule has 0 bridgehead atoms. The molecule has 0 radical (unpaired) electrons. The number of carbonyl (C=O) groups excluding carboxylic acids is 1. The van der Waals surface area contributed by atoms with Crippen LogP contribution in [0.1, 0.15) is 43.4 Å². The summed E-state index contributed by atoms with van der Waals surface area (Å²) in [5.74, 6) is 0.411. The molecule has 2 N–H and O–H groups in total. The quantitative estimate of drug-likeness (QED) is 0.853. The summed E-state index contributed by atoms with van der Waals surface area (Å²) in [6, 6.07) is -0.0757. The van der Waals surface area contributed by atoms with E-state index in [1.165, 1.54) is 0 Å². The molecule has 6 nitrogen and oxygen atoms in total. The maximum atomic E-state index is 13.8. The first kappa shape index (κ1) is 16.4. The van der Waals surface area contributed by atoms with E-state index >= 15 is 0 Å². The van der Waals surface area contributed by atoms with E-state index in [0.29, 0.717) is 38.9 Å². The number of aliphatic hydroxyl groups is 1. The zero-order valence-electron chi connectivity index (χ0n) is 13.4. The number of nitrogens with one attached hydrogen (secondary N) is 1. The van der Waals surface area contributed by atoms with Gasteiger partial charge in [-0.1, -0.05) is 5.16 Å². The van der Waals surface area contributed by atoms with Gasteiger partial charge in [0.25, 0.3) is 5.91 Å². The molecular formula is C16H24FN3O3. The Labute approximate surface area is 135 Å². The maximum absolute atomic E-state index is 13.8. The molecule has 1 aliphatic carbocycles. The second kappa shape index (κ2) is 6.57. The molecule has 1 saturated carbocycles. The van der Waals surface area contributed by atoms with E-state index in [2.05, 4.69) is 10.5 Å².